The van der Waals surface area contributed by atoms with Gasteiger partial charge in [0, 0.05) is 16.9 Å². The molecule has 3 aromatic rings. The number of rotatable bonds is 6. The Morgan fingerprint density at radius 3 is 2.90 bits per heavy atom. The molecular weight excluding hydrogens is 424 g/mol. The number of hydrogen-bond acceptors (Lipinski definition) is 7. The van der Waals surface area contributed by atoms with Crippen LogP contribution in [0.2, 0.25) is 5.02 Å². The van der Waals surface area contributed by atoms with Crippen LogP contribution in [0.5, 0.6) is 0 Å². The zero-order chi connectivity index (χ0) is 21.3. The number of aromatic amines is 1. The number of nitrogens with zero attached hydrogens (tertiary/aromatic N) is 3. The summed E-state index contributed by atoms with van der Waals surface area (Å²) >= 11 is 7.77. The number of ether oxygens (including phenoxy) is 1. The zero-order valence-corrected chi connectivity index (χ0v) is 18.5. The number of hydrogen-bond donors (Lipinski definition) is 3. The summed E-state index contributed by atoms with van der Waals surface area (Å²) < 4.78 is 5.26. The molecule has 0 atom stereocenters. The summed E-state index contributed by atoms with van der Waals surface area (Å²) in [6.07, 6.45) is 3.50. The number of nitrogens with one attached hydrogen (secondary N) is 3. The summed E-state index contributed by atoms with van der Waals surface area (Å²) in [6, 6.07) is 5.84. The van der Waals surface area contributed by atoms with Crippen molar-refractivity contribution in [2.24, 2.45) is 0 Å². The number of alkyl carbamates (subject to hydrolysis) is 1. The van der Waals surface area contributed by atoms with Gasteiger partial charge in [-0.15, -0.1) is 11.3 Å². The van der Waals surface area contributed by atoms with Crippen molar-refractivity contribution in [3.05, 3.63) is 40.0 Å². The molecule has 0 bridgehead atoms. The summed E-state index contributed by atoms with van der Waals surface area (Å²) in [5, 5.41) is 13.7. The number of carbonyl (C=O) groups is 1. The van der Waals surface area contributed by atoms with Crippen molar-refractivity contribution in [2.45, 2.75) is 51.7 Å². The first-order valence-corrected chi connectivity index (χ1v) is 10.9. The van der Waals surface area contributed by atoms with E-state index in [-0.39, 0.29) is 0 Å². The van der Waals surface area contributed by atoms with Crippen LogP contribution in [0.4, 0.5) is 16.4 Å². The van der Waals surface area contributed by atoms with E-state index < -0.39 is 11.7 Å². The number of aromatic nitrogens is 4. The fraction of sp³-hybridized carbons (Fsp3) is 0.400. The van der Waals surface area contributed by atoms with E-state index in [0.29, 0.717) is 29.1 Å². The molecule has 30 heavy (non-hydrogen) atoms. The molecule has 3 aromatic heterocycles. The molecule has 1 saturated carbocycles. The summed E-state index contributed by atoms with van der Waals surface area (Å²) in [7, 11) is 0. The topological polar surface area (TPSA) is 105 Å². The van der Waals surface area contributed by atoms with Gasteiger partial charge in [0.1, 0.15) is 16.4 Å². The molecule has 4 rings (SSSR count). The van der Waals surface area contributed by atoms with Crippen LogP contribution in [0.1, 0.15) is 50.1 Å². The van der Waals surface area contributed by atoms with Crippen LogP contribution in [0.25, 0.3) is 10.7 Å². The Morgan fingerprint density at radius 2 is 2.17 bits per heavy atom. The molecule has 0 spiro atoms. The summed E-state index contributed by atoms with van der Waals surface area (Å²) in [4.78, 5) is 22.6. The third-order valence-electron chi connectivity index (χ3n) is 4.28. The van der Waals surface area contributed by atoms with Crippen LogP contribution in [0.15, 0.2) is 24.4 Å². The van der Waals surface area contributed by atoms with Gasteiger partial charge in [0.25, 0.3) is 0 Å². The zero-order valence-electron chi connectivity index (χ0n) is 17.0. The van der Waals surface area contributed by atoms with Gasteiger partial charge in [-0.05, 0) is 45.7 Å². The molecule has 0 aliphatic heterocycles. The Labute approximate surface area is 183 Å². The predicted octanol–water partition coefficient (Wildman–Crippen LogP) is 5.23. The number of halogens is 1. The molecule has 1 aliphatic rings. The lowest BCUT2D eigenvalue weighted by Gasteiger charge is -2.19. The minimum atomic E-state index is -0.528. The van der Waals surface area contributed by atoms with Crippen molar-refractivity contribution < 1.29 is 9.53 Å². The van der Waals surface area contributed by atoms with Crippen molar-refractivity contribution in [3.8, 4) is 10.7 Å². The number of thiophene rings is 1. The van der Waals surface area contributed by atoms with E-state index in [0.717, 1.165) is 21.3 Å². The minimum absolute atomic E-state index is 0.371. The third kappa shape index (κ3) is 5.28. The lowest BCUT2D eigenvalue weighted by molar-refractivity contribution is 0.0524. The molecule has 3 heterocycles. The summed E-state index contributed by atoms with van der Waals surface area (Å²) in [5.74, 6) is 2.37. The van der Waals surface area contributed by atoms with Gasteiger partial charge < -0.3 is 15.4 Å². The van der Waals surface area contributed by atoms with E-state index in [4.69, 9.17) is 16.3 Å². The van der Waals surface area contributed by atoms with E-state index in [1.807, 2.05) is 39.0 Å². The van der Waals surface area contributed by atoms with Crippen LogP contribution in [-0.4, -0.2) is 31.9 Å². The molecule has 10 heteroatoms. The van der Waals surface area contributed by atoms with Gasteiger partial charge in [-0.25, -0.2) is 14.8 Å². The highest BCUT2D eigenvalue weighted by Gasteiger charge is 2.26. The van der Waals surface area contributed by atoms with Crippen molar-refractivity contribution in [3.63, 3.8) is 0 Å². The largest absolute Gasteiger partial charge is 0.444 e. The molecular formula is C20H23ClN6O2S. The number of carbonyl (C=O) groups excluding carboxylic acids is 1. The second-order valence-corrected chi connectivity index (χ2v) is 9.69. The fourth-order valence-corrected chi connectivity index (χ4v) is 3.78. The Kier molecular flexibility index (Phi) is 5.66. The minimum Gasteiger partial charge on any atom is -0.444 e. The van der Waals surface area contributed by atoms with E-state index in [9.17, 15) is 4.79 Å². The number of anilines is 2. The van der Waals surface area contributed by atoms with E-state index in [1.54, 1.807) is 6.20 Å². The maximum atomic E-state index is 11.8. The molecule has 0 saturated heterocycles. The molecule has 3 N–H and O–H groups in total. The predicted molar refractivity (Wildman–Crippen MR) is 117 cm³/mol. The first-order chi connectivity index (χ1) is 14.3. The van der Waals surface area contributed by atoms with Gasteiger partial charge in [0.05, 0.1) is 23.3 Å². The maximum absolute atomic E-state index is 11.8. The Hall–Kier alpha value is -2.65. The standard InChI is InChI=1S/C20H23ClN6O2S/c1-20(2,3)29-19(28)23-9-12-6-7-15(30-12)18-22-10-13(21)17(25-18)24-16-8-14(26-27-16)11-4-5-11/h6-8,10-11H,4-5,9H2,1-3H3,(H,23,28)(H2,22,24,25,26,27). The average molecular weight is 447 g/mol. The van der Waals surface area contributed by atoms with Crippen LogP contribution in [-0.2, 0) is 11.3 Å². The van der Waals surface area contributed by atoms with Crippen LogP contribution < -0.4 is 10.6 Å². The molecule has 0 unspecified atom stereocenters. The lowest BCUT2D eigenvalue weighted by atomic mass is 10.2. The van der Waals surface area contributed by atoms with Crippen molar-refractivity contribution in [2.75, 3.05) is 5.32 Å². The Balaban J connectivity index is 1.42. The van der Waals surface area contributed by atoms with Crippen LogP contribution >= 0.6 is 22.9 Å². The number of H-pyrrole nitrogens is 1. The smallest absolute Gasteiger partial charge is 0.407 e. The average Bonchev–Trinajstić information content (AvgIpc) is 3.22. The molecule has 8 nitrogen and oxygen atoms in total. The van der Waals surface area contributed by atoms with Gasteiger partial charge in [-0.2, -0.15) is 5.10 Å². The molecule has 1 amide bonds. The normalized spacial score (nSPS) is 13.9. The van der Waals surface area contributed by atoms with Crippen LogP contribution in [0, 0.1) is 0 Å². The monoisotopic (exact) mass is 446 g/mol. The van der Waals surface area contributed by atoms with Crippen molar-refractivity contribution in [1.82, 2.24) is 25.5 Å². The van der Waals surface area contributed by atoms with Gasteiger partial charge in [-0.1, -0.05) is 11.6 Å². The third-order valence-corrected chi connectivity index (χ3v) is 5.64. The highest BCUT2D eigenvalue weighted by Crippen LogP contribution is 2.40. The Bertz CT molecular complexity index is 1050. The quantitative estimate of drug-likeness (QED) is 0.479. The Morgan fingerprint density at radius 1 is 1.37 bits per heavy atom. The van der Waals surface area contributed by atoms with Crippen molar-refractivity contribution >= 4 is 40.7 Å². The fourth-order valence-electron chi connectivity index (χ4n) is 2.76. The summed E-state index contributed by atoms with van der Waals surface area (Å²) in [6.45, 7) is 5.86. The van der Waals surface area contributed by atoms with Crippen molar-refractivity contribution in [1.29, 1.82) is 0 Å². The molecule has 1 aliphatic carbocycles. The first-order valence-electron chi connectivity index (χ1n) is 9.67. The molecule has 1 fully saturated rings. The second-order valence-electron chi connectivity index (χ2n) is 8.12. The lowest BCUT2D eigenvalue weighted by Crippen LogP contribution is -2.31. The second kappa shape index (κ2) is 8.23. The molecule has 0 aromatic carbocycles. The van der Waals surface area contributed by atoms with Crippen LogP contribution in [0.3, 0.4) is 0 Å². The summed E-state index contributed by atoms with van der Waals surface area (Å²) in [5.41, 5.74) is 0.530. The molecule has 0 radical (unpaired) electrons. The van der Waals surface area contributed by atoms with Gasteiger partial charge in [-0.3, -0.25) is 5.10 Å². The van der Waals surface area contributed by atoms with Gasteiger partial charge in [0.2, 0.25) is 0 Å². The van der Waals surface area contributed by atoms with E-state index in [1.165, 1.54) is 24.2 Å². The number of amides is 1. The van der Waals surface area contributed by atoms with E-state index in [2.05, 4.69) is 30.8 Å². The maximum Gasteiger partial charge on any atom is 0.407 e. The van der Waals surface area contributed by atoms with Gasteiger partial charge >= 0.3 is 6.09 Å². The first kappa shape index (κ1) is 20.6. The highest BCUT2D eigenvalue weighted by atomic mass is 35.5. The SMILES string of the molecule is CC(C)(C)OC(=O)NCc1ccc(-c2ncc(Cl)c(Nc3cc(C4CC4)n[nH]3)n2)s1. The van der Waals surface area contributed by atoms with Gasteiger partial charge in [0.15, 0.2) is 11.6 Å². The van der Waals surface area contributed by atoms with E-state index >= 15 is 0 Å². The highest BCUT2D eigenvalue weighted by molar-refractivity contribution is 7.15. The molecule has 158 valence electrons.